The number of fused-ring (bicyclic) bond motifs is 1. The van der Waals surface area contributed by atoms with Crippen LogP contribution in [0.4, 0.5) is 28.0 Å². The SMILES string of the molecule is CC(C)(C)OC(=O)N1CC[C@@H](Nc2cccc3c(CC(F)(F)F)c(/C(N)=N/O)sc23)[C@@H](F)C1. The Morgan fingerprint density at radius 2 is 2.06 bits per heavy atom. The number of thiophene rings is 1. The first-order valence-electron chi connectivity index (χ1n) is 10.3. The molecule has 3 rings (SSSR count). The van der Waals surface area contributed by atoms with Gasteiger partial charge in [0.15, 0.2) is 5.84 Å². The van der Waals surface area contributed by atoms with Crippen molar-refractivity contribution < 1.29 is 32.3 Å². The number of oxime groups is 1. The zero-order valence-corrected chi connectivity index (χ0v) is 19.2. The molecule has 0 aliphatic carbocycles. The molecule has 2 heterocycles. The summed E-state index contributed by atoms with van der Waals surface area (Å²) in [5, 5.41) is 15.3. The average Bonchev–Trinajstić information content (AvgIpc) is 3.05. The van der Waals surface area contributed by atoms with Gasteiger partial charge in [-0.25, -0.2) is 9.18 Å². The van der Waals surface area contributed by atoms with Gasteiger partial charge >= 0.3 is 12.3 Å². The lowest BCUT2D eigenvalue weighted by Gasteiger charge is -2.36. The minimum atomic E-state index is -4.50. The smallest absolute Gasteiger partial charge is 0.410 e. The molecule has 4 N–H and O–H groups in total. The first kappa shape index (κ1) is 24.9. The van der Waals surface area contributed by atoms with Gasteiger partial charge in [0.25, 0.3) is 0 Å². The zero-order valence-electron chi connectivity index (χ0n) is 18.4. The van der Waals surface area contributed by atoms with Crippen molar-refractivity contribution in [3.63, 3.8) is 0 Å². The molecule has 182 valence electrons. The van der Waals surface area contributed by atoms with Gasteiger partial charge in [-0.15, -0.1) is 11.3 Å². The van der Waals surface area contributed by atoms with Crippen LogP contribution in [0.5, 0.6) is 0 Å². The largest absolute Gasteiger partial charge is 0.444 e. The van der Waals surface area contributed by atoms with Crippen LogP contribution < -0.4 is 11.1 Å². The maximum atomic E-state index is 14.9. The molecule has 1 aliphatic heterocycles. The molecular weight excluding hydrogens is 464 g/mol. The van der Waals surface area contributed by atoms with E-state index >= 15 is 0 Å². The minimum absolute atomic E-state index is 0.00983. The van der Waals surface area contributed by atoms with Gasteiger partial charge in [-0.1, -0.05) is 17.3 Å². The quantitative estimate of drug-likeness (QED) is 0.187. The number of benzene rings is 1. The Morgan fingerprint density at radius 3 is 2.64 bits per heavy atom. The zero-order chi connectivity index (χ0) is 24.6. The molecule has 2 aromatic rings. The average molecular weight is 491 g/mol. The fourth-order valence-electron chi connectivity index (χ4n) is 3.67. The Bertz CT molecular complexity index is 1050. The Morgan fingerprint density at radius 1 is 1.36 bits per heavy atom. The Balaban J connectivity index is 1.85. The number of rotatable bonds is 4. The van der Waals surface area contributed by atoms with Crippen molar-refractivity contribution in [2.45, 2.75) is 57.6 Å². The second kappa shape index (κ2) is 9.24. The predicted molar refractivity (Wildman–Crippen MR) is 119 cm³/mol. The standard InChI is InChI=1S/C21H26F4N4O3S/c1-20(2,3)32-19(30)29-8-7-14(13(22)10-29)27-15-6-4-5-11-12(9-21(23,24)25)17(18(26)28-31)33-16(11)15/h4-6,13-14,27,31H,7-10H2,1-3H3,(H2,26,28)/t13-,14+/m0/s1. The van der Waals surface area contributed by atoms with Crippen molar-refractivity contribution in [1.82, 2.24) is 4.90 Å². The first-order valence-corrected chi connectivity index (χ1v) is 11.1. The monoisotopic (exact) mass is 490 g/mol. The molecule has 0 saturated carbocycles. The maximum Gasteiger partial charge on any atom is 0.410 e. The van der Waals surface area contributed by atoms with E-state index in [1.54, 1.807) is 32.9 Å². The topological polar surface area (TPSA) is 100 Å². The number of hydrogen-bond acceptors (Lipinski definition) is 6. The molecule has 1 aromatic heterocycles. The Hall–Kier alpha value is -2.76. The van der Waals surface area contributed by atoms with E-state index in [0.29, 0.717) is 15.8 Å². The van der Waals surface area contributed by atoms with E-state index in [2.05, 4.69) is 10.5 Å². The van der Waals surface area contributed by atoms with Crippen LogP contribution in [0.2, 0.25) is 0 Å². The lowest BCUT2D eigenvalue weighted by molar-refractivity contribution is -0.126. The molecule has 12 heteroatoms. The molecule has 1 aromatic carbocycles. The second-order valence-corrected chi connectivity index (χ2v) is 9.87. The molecule has 0 unspecified atom stereocenters. The van der Waals surface area contributed by atoms with Crippen molar-refractivity contribution in [3.8, 4) is 0 Å². The predicted octanol–water partition coefficient (Wildman–Crippen LogP) is 4.86. The van der Waals surface area contributed by atoms with Gasteiger partial charge in [0.2, 0.25) is 0 Å². The van der Waals surface area contributed by atoms with Crippen LogP contribution in [0.3, 0.4) is 0 Å². The highest BCUT2D eigenvalue weighted by Crippen LogP contribution is 2.40. The first-order chi connectivity index (χ1) is 15.3. The fraction of sp³-hybridized carbons (Fsp3) is 0.524. The third kappa shape index (κ3) is 5.98. The van der Waals surface area contributed by atoms with Crippen molar-refractivity contribution in [1.29, 1.82) is 0 Å². The molecule has 0 radical (unpaired) electrons. The lowest BCUT2D eigenvalue weighted by atomic mass is 10.0. The van der Waals surface area contributed by atoms with Gasteiger partial charge in [0, 0.05) is 6.54 Å². The Kier molecular flexibility index (Phi) is 6.96. The Labute approximate surface area is 192 Å². The number of amides is 1. The fourth-order valence-corrected chi connectivity index (χ4v) is 4.86. The highest BCUT2D eigenvalue weighted by Gasteiger charge is 2.35. The third-order valence-corrected chi connectivity index (χ3v) is 6.37. The van der Waals surface area contributed by atoms with Gasteiger partial charge in [-0.05, 0) is 44.2 Å². The van der Waals surface area contributed by atoms with Crippen LogP contribution >= 0.6 is 11.3 Å². The number of halogens is 4. The van der Waals surface area contributed by atoms with Gasteiger partial charge < -0.3 is 25.9 Å². The van der Waals surface area contributed by atoms with Crippen molar-refractivity contribution >= 4 is 39.0 Å². The van der Waals surface area contributed by atoms with Crippen LogP contribution in [0.15, 0.2) is 23.4 Å². The van der Waals surface area contributed by atoms with E-state index in [1.807, 2.05) is 0 Å². The van der Waals surface area contributed by atoms with E-state index in [4.69, 9.17) is 15.7 Å². The van der Waals surface area contributed by atoms with E-state index in [9.17, 15) is 22.4 Å². The number of piperidine rings is 1. The summed E-state index contributed by atoms with van der Waals surface area (Å²) in [6.45, 7) is 5.28. The molecule has 0 spiro atoms. The van der Waals surface area contributed by atoms with Gasteiger partial charge in [0.1, 0.15) is 11.8 Å². The van der Waals surface area contributed by atoms with Crippen LogP contribution in [0, 0.1) is 0 Å². The van der Waals surface area contributed by atoms with E-state index in [0.717, 1.165) is 11.3 Å². The number of nitrogens with one attached hydrogen (secondary N) is 1. The maximum absolute atomic E-state index is 14.9. The molecule has 1 amide bonds. The molecule has 1 fully saturated rings. The highest BCUT2D eigenvalue weighted by molar-refractivity contribution is 7.21. The summed E-state index contributed by atoms with van der Waals surface area (Å²) in [7, 11) is 0. The van der Waals surface area contributed by atoms with Crippen LogP contribution in [-0.2, 0) is 11.2 Å². The number of carbonyl (C=O) groups excluding carboxylic acids is 1. The van der Waals surface area contributed by atoms with E-state index < -0.39 is 42.3 Å². The molecule has 2 atom stereocenters. The number of hydrogen-bond donors (Lipinski definition) is 3. The summed E-state index contributed by atoms with van der Waals surface area (Å²) in [4.78, 5) is 13.5. The molecule has 1 aliphatic rings. The summed E-state index contributed by atoms with van der Waals surface area (Å²) in [5.41, 5.74) is 5.28. The van der Waals surface area contributed by atoms with Crippen molar-refractivity contribution in [2.24, 2.45) is 10.9 Å². The molecule has 0 bridgehead atoms. The molecule has 33 heavy (non-hydrogen) atoms. The number of ether oxygens (including phenoxy) is 1. The number of alkyl halides is 4. The van der Waals surface area contributed by atoms with Gasteiger partial charge in [-0.3, -0.25) is 0 Å². The minimum Gasteiger partial charge on any atom is -0.444 e. The number of likely N-dealkylation sites (tertiary alicyclic amines) is 1. The summed E-state index contributed by atoms with van der Waals surface area (Å²) >= 11 is 0.940. The normalized spacial score (nSPS) is 20.2. The third-order valence-electron chi connectivity index (χ3n) is 5.07. The summed E-state index contributed by atoms with van der Waals surface area (Å²) in [5.74, 6) is -0.421. The summed E-state index contributed by atoms with van der Waals surface area (Å²) in [6, 6.07) is 4.06. The molecule has 7 nitrogen and oxygen atoms in total. The number of carbonyl (C=O) groups is 1. The van der Waals surface area contributed by atoms with E-state index in [-0.39, 0.29) is 30.0 Å². The van der Waals surface area contributed by atoms with Crippen molar-refractivity contribution in [2.75, 3.05) is 18.4 Å². The highest BCUT2D eigenvalue weighted by atomic mass is 32.1. The lowest BCUT2D eigenvalue weighted by Crippen LogP contribution is -2.51. The summed E-state index contributed by atoms with van der Waals surface area (Å²) in [6.07, 6.45) is -7.48. The molecular formula is C21H26F4N4O3S. The number of anilines is 1. The van der Waals surface area contributed by atoms with E-state index in [1.165, 1.54) is 11.0 Å². The summed E-state index contributed by atoms with van der Waals surface area (Å²) < 4.78 is 60.2. The van der Waals surface area contributed by atoms with Gasteiger partial charge in [0.05, 0.1) is 34.3 Å². The van der Waals surface area contributed by atoms with Crippen LogP contribution in [0.1, 0.15) is 37.6 Å². The molecule has 1 saturated heterocycles. The number of amidine groups is 1. The number of nitrogens with two attached hydrogens (primary N) is 1. The van der Waals surface area contributed by atoms with Gasteiger partial charge in [-0.2, -0.15) is 13.2 Å². The van der Waals surface area contributed by atoms with Crippen molar-refractivity contribution in [3.05, 3.63) is 28.6 Å². The second-order valence-electron chi connectivity index (χ2n) is 8.85. The van der Waals surface area contributed by atoms with Crippen LogP contribution in [0.25, 0.3) is 10.1 Å². The number of nitrogens with zero attached hydrogens (tertiary/aromatic N) is 2. The van der Waals surface area contributed by atoms with Crippen LogP contribution in [-0.4, -0.2) is 59.1 Å².